The van der Waals surface area contributed by atoms with Gasteiger partial charge in [0, 0.05) is 0 Å². The van der Waals surface area contributed by atoms with E-state index >= 15 is 0 Å². The Morgan fingerprint density at radius 1 is 1.00 bits per heavy atom. The summed E-state index contributed by atoms with van der Waals surface area (Å²) >= 11 is 0. The van der Waals surface area contributed by atoms with Crippen molar-refractivity contribution in [1.82, 2.24) is 0 Å². The summed E-state index contributed by atoms with van der Waals surface area (Å²) in [4.78, 5) is 0. The van der Waals surface area contributed by atoms with Gasteiger partial charge in [-0.1, -0.05) is 20.8 Å². The maximum Gasteiger partial charge on any atom is -0.0297 e. The predicted octanol–water partition coefficient (Wildman–Crippen LogP) is 3.32. The summed E-state index contributed by atoms with van der Waals surface area (Å²) in [6.07, 6.45) is 4.69. The summed E-state index contributed by atoms with van der Waals surface area (Å²) in [5, 5.41) is 0. The Hall–Kier alpha value is 0. The van der Waals surface area contributed by atoms with Crippen molar-refractivity contribution in [2.24, 2.45) is 35.0 Å². The monoisotopic (exact) mass is 164 g/mol. The number of hydrogen-bond acceptors (Lipinski definition) is 0. The summed E-state index contributed by atoms with van der Waals surface area (Å²) < 4.78 is 0. The molecular weight excluding hydrogens is 144 g/mol. The highest BCUT2D eigenvalue weighted by Crippen LogP contribution is 2.69. The summed E-state index contributed by atoms with van der Waals surface area (Å²) in [5.74, 6) is 5.58. The van der Waals surface area contributed by atoms with Gasteiger partial charge in [0.25, 0.3) is 0 Å². The molecule has 0 spiro atoms. The molecule has 0 N–H and O–H groups in total. The van der Waals surface area contributed by atoms with Crippen LogP contribution in [0.4, 0.5) is 0 Å². The molecule has 0 nitrogen and oxygen atoms in total. The lowest BCUT2D eigenvalue weighted by Crippen LogP contribution is -2.61. The number of rotatable bonds is 0. The second-order valence-corrected chi connectivity index (χ2v) is 6.13. The third-order valence-electron chi connectivity index (χ3n) is 5.60. The van der Waals surface area contributed by atoms with E-state index in [0.29, 0.717) is 5.41 Å². The standard InChI is InChI=1S/C12H20/c1-7-4-8-5-9-6-10(11(8)9)12(7,2)3/h7-11H,4-6H2,1-3H3. The van der Waals surface area contributed by atoms with Gasteiger partial charge < -0.3 is 0 Å². The zero-order valence-corrected chi connectivity index (χ0v) is 8.51. The van der Waals surface area contributed by atoms with Crippen LogP contribution in [0.3, 0.4) is 0 Å². The first-order chi connectivity index (χ1) is 5.60. The largest absolute Gasteiger partial charge is 0.0620 e. The van der Waals surface area contributed by atoms with Gasteiger partial charge in [0.1, 0.15) is 0 Å². The molecule has 0 bridgehead atoms. The van der Waals surface area contributed by atoms with Crippen molar-refractivity contribution in [2.75, 3.05) is 0 Å². The molecule has 0 aromatic rings. The molecule has 12 heavy (non-hydrogen) atoms. The van der Waals surface area contributed by atoms with E-state index in [4.69, 9.17) is 0 Å². The van der Waals surface area contributed by atoms with Crippen molar-refractivity contribution in [3.63, 3.8) is 0 Å². The van der Waals surface area contributed by atoms with Crippen molar-refractivity contribution in [3.05, 3.63) is 0 Å². The van der Waals surface area contributed by atoms with Crippen LogP contribution in [0.5, 0.6) is 0 Å². The zero-order chi connectivity index (χ0) is 8.51. The van der Waals surface area contributed by atoms with Crippen LogP contribution in [-0.2, 0) is 0 Å². The Labute approximate surface area is 75.7 Å². The van der Waals surface area contributed by atoms with Crippen molar-refractivity contribution in [2.45, 2.75) is 40.0 Å². The van der Waals surface area contributed by atoms with E-state index in [1.54, 1.807) is 12.8 Å². The molecule has 3 aliphatic rings. The van der Waals surface area contributed by atoms with Crippen LogP contribution < -0.4 is 0 Å². The molecule has 0 aromatic carbocycles. The molecule has 5 unspecified atom stereocenters. The quantitative estimate of drug-likeness (QED) is 0.515. The Bertz CT molecular complexity index is 216. The first kappa shape index (κ1) is 7.41. The molecule has 3 rings (SSSR count). The fourth-order valence-electron chi connectivity index (χ4n) is 4.27. The van der Waals surface area contributed by atoms with Crippen LogP contribution in [0.1, 0.15) is 40.0 Å². The molecule has 0 amide bonds. The van der Waals surface area contributed by atoms with Crippen LogP contribution in [-0.4, -0.2) is 0 Å². The van der Waals surface area contributed by atoms with Crippen LogP contribution >= 0.6 is 0 Å². The predicted molar refractivity (Wildman–Crippen MR) is 50.8 cm³/mol. The van der Waals surface area contributed by atoms with Gasteiger partial charge in [-0.3, -0.25) is 0 Å². The van der Waals surface area contributed by atoms with E-state index < -0.39 is 0 Å². The van der Waals surface area contributed by atoms with Gasteiger partial charge in [0.2, 0.25) is 0 Å². The lowest BCUT2D eigenvalue weighted by molar-refractivity contribution is -0.197. The van der Waals surface area contributed by atoms with E-state index in [1.807, 2.05) is 0 Å². The topological polar surface area (TPSA) is 0 Å². The molecule has 0 radical (unpaired) electrons. The summed E-state index contributed by atoms with van der Waals surface area (Å²) in [6.45, 7) is 7.49. The van der Waals surface area contributed by atoms with E-state index in [0.717, 1.165) is 17.8 Å². The third-order valence-corrected chi connectivity index (χ3v) is 5.60. The lowest BCUT2D eigenvalue weighted by Gasteiger charge is -2.68. The summed E-state index contributed by atoms with van der Waals surface area (Å²) in [7, 11) is 0. The fraction of sp³-hybridized carbons (Fsp3) is 1.00. The lowest BCUT2D eigenvalue weighted by atomic mass is 9.36. The summed E-state index contributed by atoms with van der Waals surface area (Å²) in [6, 6.07) is 0. The molecule has 0 heteroatoms. The van der Waals surface area contributed by atoms with Crippen LogP contribution in [0.25, 0.3) is 0 Å². The maximum atomic E-state index is 2.51. The van der Waals surface area contributed by atoms with Gasteiger partial charge in [-0.05, 0) is 54.3 Å². The van der Waals surface area contributed by atoms with E-state index in [1.165, 1.54) is 18.3 Å². The minimum Gasteiger partial charge on any atom is -0.0620 e. The molecular formula is C12H20. The van der Waals surface area contributed by atoms with Gasteiger partial charge in [-0.25, -0.2) is 0 Å². The van der Waals surface area contributed by atoms with E-state index in [-0.39, 0.29) is 0 Å². The molecule has 0 heterocycles. The van der Waals surface area contributed by atoms with Crippen molar-refractivity contribution < 1.29 is 0 Å². The highest BCUT2D eigenvalue weighted by atomic mass is 14.7. The maximum absolute atomic E-state index is 2.51. The normalized spacial score (nSPS) is 59.8. The first-order valence-corrected chi connectivity index (χ1v) is 5.60. The van der Waals surface area contributed by atoms with Gasteiger partial charge in [0.15, 0.2) is 0 Å². The van der Waals surface area contributed by atoms with Gasteiger partial charge in [-0.2, -0.15) is 0 Å². The molecule has 68 valence electrons. The van der Waals surface area contributed by atoms with Crippen molar-refractivity contribution in [1.29, 1.82) is 0 Å². The molecule has 3 saturated carbocycles. The average Bonchev–Trinajstić information content (AvgIpc) is 1.94. The zero-order valence-electron chi connectivity index (χ0n) is 8.51. The molecule has 3 aliphatic carbocycles. The molecule has 0 aromatic heterocycles. The fourth-order valence-corrected chi connectivity index (χ4v) is 4.27. The van der Waals surface area contributed by atoms with Gasteiger partial charge >= 0.3 is 0 Å². The highest BCUT2D eigenvalue weighted by Gasteiger charge is 2.62. The molecule has 3 fully saturated rings. The summed E-state index contributed by atoms with van der Waals surface area (Å²) in [5.41, 5.74) is 0.665. The van der Waals surface area contributed by atoms with Gasteiger partial charge in [0.05, 0.1) is 0 Å². The van der Waals surface area contributed by atoms with Crippen LogP contribution in [0.15, 0.2) is 0 Å². The SMILES string of the molecule is CC1CC2CC3CC(C23)C1(C)C. The van der Waals surface area contributed by atoms with Crippen molar-refractivity contribution in [3.8, 4) is 0 Å². The smallest absolute Gasteiger partial charge is 0.0297 e. The second kappa shape index (κ2) is 1.91. The van der Waals surface area contributed by atoms with E-state index in [9.17, 15) is 0 Å². The van der Waals surface area contributed by atoms with Crippen molar-refractivity contribution >= 4 is 0 Å². The third kappa shape index (κ3) is 0.625. The second-order valence-electron chi connectivity index (χ2n) is 6.13. The molecule has 5 atom stereocenters. The Balaban J connectivity index is 1.89. The first-order valence-electron chi connectivity index (χ1n) is 5.60. The Morgan fingerprint density at radius 2 is 1.67 bits per heavy atom. The van der Waals surface area contributed by atoms with Gasteiger partial charge in [-0.15, -0.1) is 0 Å². The molecule has 0 saturated heterocycles. The number of hydrogen-bond donors (Lipinski definition) is 0. The van der Waals surface area contributed by atoms with Crippen LogP contribution in [0.2, 0.25) is 0 Å². The average molecular weight is 164 g/mol. The minimum absolute atomic E-state index is 0.665. The Morgan fingerprint density at radius 3 is 2.33 bits per heavy atom. The van der Waals surface area contributed by atoms with E-state index in [2.05, 4.69) is 20.8 Å². The minimum atomic E-state index is 0.665. The van der Waals surface area contributed by atoms with Crippen LogP contribution in [0, 0.1) is 35.0 Å². The highest BCUT2D eigenvalue weighted by molar-refractivity contribution is 5.11. The molecule has 0 aliphatic heterocycles. The Kier molecular flexibility index (Phi) is 1.18.